The third kappa shape index (κ3) is 2.61. The van der Waals surface area contributed by atoms with E-state index in [0.29, 0.717) is 12.3 Å². The van der Waals surface area contributed by atoms with E-state index < -0.39 is 16.1 Å². The summed E-state index contributed by atoms with van der Waals surface area (Å²) in [6.07, 6.45) is 1.79. The summed E-state index contributed by atoms with van der Waals surface area (Å²) < 4.78 is 32.8. The zero-order chi connectivity index (χ0) is 16.8. The SMILES string of the molecule is COc1ccc(C)cc1S(=O)(=O)N1C[C@H]2CCCN2C(=O)[C@H]1C. The minimum Gasteiger partial charge on any atom is -0.495 e. The predicted molar refractivity (Wildman–Crippen MR) is 85.8 cm³/mol. The molecule has 2 aliphatic rings. The number of benzene rings is 1. The molecule has 2 atom stereocenters. The topological polar surface area (TPSA) is 66.9 Å². The molecule has 23 heavy (non-hydrogen) atoms. The Hall–Kier alpha value is -1.60. The lowest BCUT2D eigenvalue weighted by molar-refractivity contribution is -0.139. The molecule has 0 radical (unpaired) electrons. The Morgan fingerprint density at radius 3 is 2.74 bits per heavy atom. The summed E-state index contributed by atoms with van der Waals surface area (Å²) in [6, 6.07) is 4.37. The zero-order valence-corrected chi connectivity index (χ0v) is 14.5. The number of sulfonamides is 1. The van der Waals surface area contributed by atoms with Crippen molar-refractivity contribution < 1.29 is 17.9 Å². The third-order valence-electron chi connectivity index (χ3n) is 4.75. The number of ether oxygens (including phenoxy) is 1. The lowest BCUT2D eigenvalue weighted by atomic mass is 10.1. The van der Waals surface area contributed by atoms with E-state index >= 15 is 0 Å². The van der Waals surface area contributed by atoms with Crippen LogP contribution in [0.1, 0.15) is 25.3 Å². The first-order chi connectivity index (χ1) is 10.9. The van der Waals surface area contributed by atoms with Gasteiger partial charge in [-0.3, -0.25) is 4.79 Å². The molecule has 1 aromatic carbocycles. The molecular formula is C16H22N2O4S. The van der Waals surface area contributed by atoms with Gasteiger partial charge in [-0.1, -0.05) is 6.07 Å². The van der Waals surface area contributed by atoms with E-state index in [-0.39, 0.29) is 16.8 Å². The van der Waals surface area contributed by atoms with Gasteiger partial charge in [0.25, 0.3) is 0 Å². The summed E-state index contributed by atoms with van der Waals surface area (Å²) in [5.74, 6) is 0.207. The number of amides is 1. The molecule has 0 aliphatic carbocycles. The van der Waals surface area contributed by atoms with Crippen LogP contribution in [0, 0.1) is 6.92 Å². The van der Waals surface area contributed by atoms with Crippen molar-refractivity contribution in [3.8, 4) is 5.75 Å². The van der Waals surface area contributed by atoms with Gasteiger partial charge in [0.2, 0.25) is 15.9 Å². The van der Waals surface area contributed by atoms with Crippen LogP contribution in [0.25, 0.3) is 0 Å². The van der Waals surface area contributed by atoms with Gasteiger partial charge in [0.05, 0.1) is 7.11 Å². The minimum atomic E-state index is -3.79. The van der Waals surface area contributed by atoms with Gasteiger partial charge in [-0.25, -0.2) is 8.42 Å². The fraction of sp³-hybridized carbons (Fsp3) is 0.562. The fourth-order valence-corrected chi connectivity index (χ4v) is 5.33. The van der Waals surface area contributed by atoms with Crippen LogP contribution in [0.5, 0.6) is 5.75 Å². The van der Waals surface area contributed by atoms with Crippen LogP contribution in [-0.4, -0.2) is 55.8 Å². The monoisotopic (exact) mass is 338 g/mol. The first-order valence-electron chi connectivity index (χ1n) is 7.83. The summed E-state index contributed by atoms with van der Waals surface area (Å²) in [4.78, 5) is 14.5. The number of hydrogen-bond donors (Lipinski definition) is 0. The molecule has 0 N–H and O–H groups in total. The number of piperazine rings is 1. The van der Waals surface area contributed by atoms with Crippen LogP contribution >= 0.6 is 0 Å². The Bertz CT molecular complexity index is 732. The van der Waals surface area contributed by atoms with Gasteiger partial charge in [-0.15, -0.1) is 0 Å². The second kappa shape index (κ2) is 5.79. The first-order valence-corrected chi connectivity index (χ1v) is 9.27. The molecule has 0 unspecified atom stereocenters. The number of nitrogens with zero attached hydrogens (tertiary/aromatic N) is 2. The van der Waals surface area contributed by atoms with E-state index in [4.69, 9.17) is 4.74 Å². The minimum absolute atomic E-state index is 0.00993. The standard InChI is InChI=1S/C16H22N2O4S/c1-11-6-7-14(22-3)15(9-11)23(20,21)18-10-13-5-4-8-17(13)16(19)12(18)2/h6-7,9,12-13H,4-5,8,10H2,1-3H3/t12-,13-/m1/s1. The van der Waals surface area contributed by atoms with Gasteiger partial charge in [0.1, 0.15) is 16.7 Å². The maximum Gasteiger partial charge on any atom is 0.247 e. The Morgan fingerprint density at radius 2 is 2.04 bits per heavy atom. The van der Waals surface area contributed by atoms with Crippen molar-refractivity contribution in [3.05, 3.63) is 23.8 Å². The van der Waals surface area contributed by atoms with Crippen molar-refractivity contribution in [2.75, 3.05) is 20.2 Å². The largest absolute Gasteiger partial charge is 0.495 e. The Morgan fingerprint density at radius 1 is 1.30 bits per heavy atom. The van der Waals surface area contributed by atoms with Gasteiger partial charge in [-0.05, 0) is 44.4 Å². The highest BCUT2D eigenvalue weighted by Crippen LogP contribution is 2.33. The Balaban J connectivity index is 2.02. The molecule has 0 saturated carbocycles. The number of fused-ring (bicyclic) bond motifs is 1. The van der Waals surface area contributed by atoms with Gasteiger partial charge in [0.15, 0.2) is 0 Å². The quantitative estimate of drug-likeness (QED) is 0.835. The normalized spacial score (nSPS) is 25.5. The molecule has 1 amide bonds. The van der Waals surface area contributed by atoms with E-state index in [1.54, 1.807) is 25.1 Å². The highest BCUT2D eigenvalue weighted by atomic mass is 32.2. The van der Waals surface area contributed by atoms with Crippen LogP contribution in [0.2, 0.25) is 0 Å². The predicted octanol–water partition coefficient (Wildman–Crippen LogP) is 1.39. The van der Waals surface area contributed by atoms with E-state index in [2.05, 4.69) is 0 Å². The highest BCUT2D eigenvalue weighted by Gasteiger charge is 2.45. The molecule has 2 saturated heterocycles. The second-order valence-electron chi connectivity index (χ2n) is 6.23. The molecule has 126 valence electrons. The van der Waals surface area contributed by atoms with Crippen molar-refractivity contribution in [2.24, 2.45) is 0 Å². The number of rotatable bonds is 3. The molecule has 1 aromatic rings. The molecule has 2 heterocycles. The molecular weight excluding hydrogens is 316 g/mol. The first kappa shape index (κ1) is 16.3. The van der Waals surface area contributed by atoms with Crippen LogP contribution in [-0.2, 0) is 14.8 Å². The number of carbonyl (C=O) groups is 1. The highest BCUT2D eigenvalue weighted by molar-refractivity contribution is 7.89. The maximum absolute atomic E-state index is 13.1. The Labute approximate surface area is 137 Å². The van der Waals surface area contributed by atoms with Crippen molar-refractivity contribution in [3.63, 3.8) is 0 Å². The third-order valence-corrected chi connectivity index (χ3v) is 6.70. The van der Waals surface area contributed by atoms with E-state index in [1.807, 2.05) is 11.8 Å². The van der Waals surface area contributed by atoms with Crippen LogP contribution in [0.3, 0.4) is 0 Å². The number of carbonyl (C=O) groups excluding carboxylic acids is 1. The average molecular weight is 338 g/mol. The van der Waals surface area contributed by atoms with Crippen LogP contribution < -0.4 is 4.74 Å². The van der Waals surface area contributed by atoms with Gasteiger partial charge in [-0.2, -0.15) is 4.31 Å². The van der Waals surface area contributed by atoms with Crippen molar-refractivity contribution in [1.29, 1.82) is 0 Å². The maximum atomic E-state index is 13.1. The van der Waals surface area contributed by atoms with Gasteiger partial charge in [0, 0.05) is 19.1 Å². The fourth-order valence-electron chi connectivity index (χ4n) is 3.46. The van der Waals surface area contributed by atoms with Crippen molar-refractivity contribution >= 4 is 15.9 Å². The zero-order valence-electron chi connectivity index (χ0n) is 13.7. The molecule has 7 heteroatoms. The molecule has 2 aliphatic heterocycles. The van der Waals surface area contributed by atoms with Gasteiger partial charge >= 0.3 is 0 Å². The van der Waals surface area contributed by atoms with E-state index in [9.17, 15) is 13.2 Å². The smallest absolute Gasteiger partial charge is 0.247 e. The number of methoxy groups -OCH3 is 1. The van der Waals surface area contributed by atoms with E-state index in [1.165, 1.54) is 11.4 Å². The second-order valence-corrected chi connectivity index (χ2v) is 8.09. The number of hydrogen-bond acceptors (Lipinski definition) is 4. The summed E-state index contributed by atoms with van der Waals surface area (Å²) in [6.45, 7) is 4.58. The molecule has 2 fully saturated rings. The van der Waals surface area contributed by atoms with E-state index in [0.717, 1.165) is 24.9 Å². The van der Waals surface area contributed by atoms with Crippen LogP contribution in [0.4, 0.5) is 0 Å². The Kier molecular flexibility index (Phi) is 4.10. The summed E-state index contributed by atoms with van der Waals surface area (Å²) in [5.41, 5.74) is 0.836. The lowest BCUT2D eigenvalue weighted by Gasteiger charge is -2.40. The average Bonchev–Trinajstić information content (AvgIpc) is 2.99. The van der Waals surface area contributed by atoms with Crippen molar-refractivity contribution in [2.45, 2.75) is 43.7 Å². The van der Waals surface area contributed by atoms with Gasteiger partial charge < -0.3 is 9.64 Å². The molecule has 3 rings (SSSR count). The summed E-state index contributed by atoms with van der Waals surface area (Å²) >= 11 is 0. The van der Waals surface area contributed by atoms with Crippen molar-refractivity contribution in [1.82, 2.24) is 9.21 Å². The molecule has 0 aromatic heterocycles. The lowest BCUT2D eigenvalue weighted by Crippen LogP contribution is -2.59. The molecule has 0 bridgehead atoms. The number of aryl methyl sites for hydroxylation is 1. The summed E-state index contributed by atoms with van der Waals surface area (Å²) in [7, 11) is -2.34. The molecule has 6 nitrogen and oxygen atoms in total. The molecule has 0 spiro atoms. The van der Waals surface area contributed by atoms with Crippen LogP contribution in [0.15, 0.2) is 23.1 Å². The summed E-state index contributed by atoms with van der Waals surface area (Å²) in [5, 5.41) is 0.